The number of rotatable bonds is 9. The van der Waals surface area contributed by atoms with Crippen molar-refractivity contribution in [2.24, 2.45) is 0 Å². The molecule has 11 heteroatoms. The van der Waals surface area contributed by atoms with Gasteiger partial charge in [0, 0.05) is 18.3 Å². The Hall–Kier alpha value is -4.02. The zero-order valence-corrected chi connectivity index (χ0v) is 23.7. The molecular formula is C29H36F2N2O7. The van der Waals surface area contributed by atoms with Gasteiger partial charge >= 0.3 is 24.0 Å². The summed E-state index contributed by atoms with van der Waals surface area (Å²) < 4.78 is 44.8. The van der Waals surface area contributed by atoms with Crippen LogP contribution < -0.4 is 10.2 Å². The van der Waals surface area contributed by atoms with Crippen LogP contribution in [0.1, 0.15) is 63.9 Å². The Kier molecular flexibility index (Phi) is 10.4. The lowest BCUT2D eigenvalue weighted by atomic mass is 10.1. The van der Waals surface area contributed by atoms with Crippen molar-refractivity contribution in [1.82, 2.24) is 5.32 Å². The molecular weight excluding hydrogens is 526 g/mol. The van der Waals surface area contributed by atoms with Crippen LogP contribution >= 0.6 is 0 Å². The third-order valence-electron chi connectivity index (χ3n) is 5.15. The minimum absolute atomic E-state index is 0.0175. The average molecular weight is 563 g/mol. The van der Waals surface area contributed by atoms with Crippen LogP contribution in [0.15, 0.2) is 54.6 Å². The highest BCUT2D eigenvalue weighted by Gasteiger charge is 2.47. The van der Waals surface area contributed by atoms with E-state index in [9.17, 15) is 28.0 Å². The van der Waals surface area contributed by atoms with Crippen LogP contribution in [0.25, 0.3) is 0 Å². The van der Waals surface area contributed by atoms with Gasteiger partial charge in [-0.15, -0.1) is 0 Å². The SMILES string of the molecule is CN(C(=O)OCc1ccccc1)c1ccc(C(=O)NC(CC(F)(F)C(=O)OC(C)(C)C)C(=O)OC(C)(C)C)cc1. The van der Waals surface area contributed by atoms with Gasteiger partial charge in [0.2, 0.25) is 0 Å². The fourth-order valence-corrected chi connectivity index (χ4v) is 3.26. The summed E-state index contributed by atoms with van der Waals surface area (Å²) in [4.78, 5) is 51.3. The molecule has 218 valence electrons. The van der Waals surface area contributed by atoms with Gasteiger partial charge in [0.05, 0.1) is 6.42 Å². The number of carbonyl (C=O) groups is 4. The molecule has 2 amide bonds. The van der Waals surface area contributed by atoms with E-state index in [-0.39, 0.29) is 12.2 Å². The van der Waals surface area contributed by atoms with Crippen molar-refractivity contribution in [3.63, 3.8) is 0 Å². The molecule has 0 fully saturated rings. The highest BCUT2D eigenvalue weighted by Crippen LogP contribution is 2.27. The number of benzene rings is 2. The molecule has 0 aliphatic heterocycles. The maximum absolute atomic E-state index is 14.7. The normalized spacial score (nSPS) is 12.6. The summed E-state index contributed by atoms with van der Waals surface area (Å²) in [5, 5.41) is 2.23. The molecule has 0 spiro atoms. The van der Waals surface area contributed by atoms with E-state index in [1.807, 2.05) is 30.3 Å². The first-order valence-corrected chi connectivity index (χ1v) is 12.6. The van der Waals surface area contributed by atoms with E-state index in [0.717, 1.165) is 5.56 Å². The minimum atomic E-state index is -4.09. The number of nitrogens with zero attached hydrogens (tertiary/aromatic N) is 1. The van der Waals surface area contributed by atoms with Crippen LogP contribution in [0.4, 0.5) is 19.3 Å². The van der Waals surface area contributed by atoms with E-state index in [0.29, 0.717) is 5.69 Å². The van der Waals surface area contributed by atoms with Gasteiger partial charge in [-0.1, -0.05) is 30.3 Å². The summed E-state index contributed by atoms with van der Waals surface area (Å²) >= 11 is 0. The molecule has 0 saturated heterocycles. The summed E-state index contributed by atoms with van der Waals surface area (Å²) in [5.74, 6) is -7.91. The second-order valence-electron chi connectivity index (χ2n) is 11.1. The molecule has 1 unspecified atom stereocenters. The van der Waals surface area contributed by atoms with Crippen LogP contribution in [0.5, 0.6) is 0 Å². The van der Waals surface area contributed by atoms with Crippen molar-refractivity contribution < 1.29 is 42.2 Å². The molecule has 2 aromatic rings. The number of nitrogens with one attached hydrogen (secondary N) is 1. The summed E-state index contributed by atoms with van der Waals surface area (Å²) in [7, 11) is 1.49. The molecule has 9 nitrogen and oxygen atoms in total. The Morgan fingerprint density at radius 2 is 1.40 bits per heavy atom. The van der Waals surface area contributed by atoms with Crippen LogP contribution in [0.2, 0.25) is 0 Å². The van der Waals surface area contributed by atoms with Crippen LogP contribution in [0.3, 0.4) is 0 Å². The number of anilines is 1. The molecule has 0 radical (unpaired) electrons. The Labute approximate surface area is 232 Å². The lowest BCUT2D eigenvalue weighted by molar-refractivity contribution is -0.186. The average Bonchev–Trinajstić information content (AvgIpc) is 2.85. The second-order valence-corrected chi connectivity index (χ2v) is 11.1. The summed E-state index contributed by atoms with van der Waals surface area (Å²) in [6.45, 7) is 8.97. The Morgan fingerprint density at radius 3 is 1.93 bits per heavy atom. The van der Waals surface area contributed by atoms with Gasteiger partial charge in [-0.2, -0.15) is 8.78 Å². The van der Waals surface area contributed by atoms with Crippen molar-refractivity contribution >= 4 is 29.6 Å². The molecule has 0 aliphatic rings. The van der Waals surface area contributed by atoms with E-state index in [2.05, 4.69) is 5.32 Å². The van der Waals surface area contributed by atoms with E-state index in [1.54, 1.807) is 0 Å². The number of alkyl halides is 2. The standard InChI is InChI=1S/C29H36F2N2O7/c1-27(2,3)39-24(35)22(17-29(30,31)25(36)40-28(4,5)6)32-23(34)20-13-15-21(16-14-20)33(7)26(37)38-18-19-11-9-8-10-12-19/h8-16,22H,17-18H2,1-7H3,(H,32,34). The zero-order valence-electron chi connectivity index (χ0n) is 23.7. The van der Waals surface area contributed by atoms with Gasteiger partial charge in [0.25, 0.3) is 5.91 Å². The zero-order chi connectivity index (χ0) is 30.3. The predicted molar refractivity (Wildman–Crippen MR) is 144 cm³/mol. The monoisotopic (exact) mass is 562 g/mol. The molecule has 0 bridgehead atoms. The Morgan fingerprint density at radius 1 is 0.850 bits per heavy atom. The first-order valence-electron chi connectivity index (χ1n) is 12.6. The minimum Gasteiger partial charge on any atom is -0.458 e. The first kappa shape index (κ1) is 32.2. The third kappa shape index (κ3) is 10.3. The Bertz CT molecular complexity index is 1190. The number of hydrogen-bond donors (Lipinski definition) is 1. The lowest BCUT2D eigenvalue weighted by Crippen LogP contribution is -2.49. The van der Waals surface area contributed by atoms with Gasteiger partial charge in [0.15, 0.2) is 0 Å². The highest BCUT2D eigenvalue weighted by molar-refractivity contribution is 5.98. The summed E-state index contributed by atoms with van der Waals surface area (Å²) in [6.07, 6.45) is -1.99. The molecule has 1 N–H and O–H groups in total. The van der Waals surface area contributed by atoms with Crippen molar-refractivity contribution in [3.05, 3.63) is 65.7 Å². The van der Waals surface area contributed by atoms with E-state index in [4.69, 9.17) is 14.2 Å². The number of halogens is 2. The number of amides is 2. The van der Waals surface area contributed by atoms with Gasteiger partial charge in [-0.25, -0.2) is 14.4 Å². The molecule has 0 saturated carbocycles. The maximum Gasteiger partial charge on any atom is 0.414 e. The molecule has 1 atom stereocenters. The second kappa shape index (κ2) is 12.9. The van der Waals surface area contributed by atoms with Gasteiger partial charge < -0.3 is 19.5 Å². The summed E-state index contributed by atoms with van der Waals surface area (Å²) in [6, 6.07) is 12.9. The molecule has 40 heavy (non-hydrogen) atoms. The van der Waals surface area contributed by atoms with E-state index >= 15 is 0 Å². The summed E-state index contributed by atoms with van der Waals surface area (Å²) in [5.41, 5.74) is -0.997. The van der Waals surface area contributed by atoms with E-state index < -0.39 is 53.5 Å². The van der Waals surface area contributed by atoms with Crippen LogP contribution in [0, 0.1) is 0 Å². The fourth-order valence-electron chi connectivity index (χ4n) is 3.26. The maximum atomic E-state index is 14.7. The van der Waals surface area contributed by atoms with Gasteiger partial charge in [-0.05, 0) is 71.4 Å². The molecule has 2 aromatic carbocycles. The lowest BCUT2D eigenvalue weighted by Gasteiger charge is -2.28. The quantitative estimate of drug-likeness (QED) is 0.328. The molecule has 0 heterocycles. The van der Waals surface area contributed by atoms with Crippen molar-refractivity contribution in [3.8, 4) is 0 Å². The topological polar surface area (TPSA) is 111 Å². The van der Waals surface area contributed by atoms with Crippen molar-refractivity contribution in [1.29, 1.82) is 0 Å². The highest BCUT2D eigenvalue weighted by atomic mass is 19.3. The largest absolute Gasteiger partial charge is 0.458 e. The fraction of sp³-hybridized carbons (Fsp3) is 0.448. The predicted octanol–water partition coefficient (Wildman–Crippen LogP) is 5.27. The number of hydrogen-bond acceptors (Lipinski definition) is 7. The van der Waals surface area contributed by atoms with Crippen LogP contribution in [-0.2, 0) is 30.4 Å². The third-order valence-corrected chi connectivity index (χ3v) is 5.15. The van der Waals surface area contributed by atoms with Gasteiger partial charge in [-0.3, -0.25) is 9.69 Å². The molecule has 2 rings (SSSR count). The molecule has 0 aromatic heterocycles. The van der Waals surface area contributed by atoms with Crippen molar-refractivity contribution in [2.45, 2.75) is 77.7 Å². The van der Waals surface area contributed by atoms with Crippen LogP contribution in [-0.4, -0.2) is 54.2 Å². The van der Waals surface area contributed by atoms with E-state index in [1.165, 1.54) is 77.8 Å². The number of carbonyl (C=O) groups excluding carboxylic acids is 4. The Balaban J connectivity index is 2.13. The molecule has 0 aliphatic carbocycles. The smallest absolute Gasteiger partial charge is 0.414 e. The first-order chi connectivity index (χ1) is 18.4. The van der Waals surface area contributed by atoms with Crippen molar-refractivity contribution in [2.75, 3.05) is 11.9 Å². The number of ether oxygens (including phenoxy) is 3. The van der Waals surface area contributed by atoms with Gasteiger partial charge in [0.1, 0.15) is 23.9 Å². The number of esters is 2.